The van der Waals surface area contributed by atoms with Gasteiger partial charge in [0.05, 0.1) is 7.11 Å². The van der Waals surface area contributed by atoms with Gasteiger partial charge < -0.3 is 14.4 Å². The predicted molar refractivity (Wildman–Crippen MR) is 108 cm³/mol. The minimum Gasteiger partial charge on any atom is -0.496 e. The number of carbonyl (C=O) groups is 2. The number of amides is 1. The molecule has 0 bridgehead atoms. The smallest absolute Gasteiger partial charge is 0.331 e. The molecule has 0 spiro atoms. The molecule has 0 N–H and O–H groups in total. The van der Waals surface area contributed by atoms with Gasteiger partial charge in [0.2, 0.25) is 0 Å². The van der Waals surface area contributed by atoms with E-state index in [0.29, 0.717) is 12.3 Å². The maximum atomic E-state index is 12.2. The summed E-state index contributed by atoms with van der Waals surface area (Å²) in [6.45, 7) is 0.0677. The second-order valence-electron chi connectivity index (χ2n) is 5.78. The van der Waals surface area contributed by atoms with Crippen molar-refractivity contribution in [2.75, 3.05) is 27.0 Å². The summed E-state index contributed by atoms with van der Waals surface area (Å²) in [5.74, 6) is -0.125. The van der Waals surface area contributed by atoms with E-state index in [1.807, 2.05) is 54.8 Å². The lowest BCUT2D eigenvalue weighted by Crippen LogP contribution is -2.30. The molecule has 0 unspecified atom stereocenters. The number of esters is 1. The Bertz CT molecular complexity index is 802. The minimum atomic E-state index is -0.553. The lowest BCUT2D eigenvalue weighted by molar-refractivity contribution is -0.147. The molecule has 1 amide bonds. The standard InChI is InChI=1S/C21H23NO4S/c1-22(14-17-6-4-5-7-19(17)25-2)20(23)15-26-21(24)13-10-16-8-11-18(27-3)12-9-16/h4-13H,14-15H2,1-3H3/b13-10+. The molecule has 5 nitrogen and oxygen atoms in total. The molecule has 0 fully saturated rings. The summed E-state index contributed by atoms with van der Waals surface area (Å²) in [6.07, 6.45) is 4.99. The van der Waals surface area contributed by atoms with Crippen molar-refractivity contribution in [1.29, 1.82) is 0 Å². The lowest BCUT2D eigenvalue weighted by Gasteiger charge is -2.18. The molecule has 0 heterocycles. The highest BCUT2D eigenvalue weighted by atomic mass is 32.2. The van der Waals surface area contributed by atoms with Gasteiger partial charge in [-0.15, -0.1) is 11.8 Å². The Morgan fingerprint density at radius 2 is 1.81 bits per heavy atom. The van der Waals surface area contributed by atoms with Crippen LogP contribution in [0.4, 0.5) is 0 Å². The number of methoxy groups -OCH3 is 1. The first-order chi connectivity index (χ1) is 13.0. The second kappa shape index (κ2) is 10.4. The van der Waals surface area contributed by atoms with Gasteiger partial charge in [0, 0.05) is 30.1 Å². The molecular formula is C21H23NO4S. The highest BCUT2D eigenvalue weighted by Gasteiger charge is 2.13. The predicted octanol–water partition coefficient (Wildman–Crippen LogP) is 3.63. The van der Waals surface area contributed by atoms with Crippen molar-refractivity contribution in [3.63, 3.8) is 0 Å². The molecule has 0 aliphatic carbocycles. The number of likely N-dealkylation sites (N-methyl/N-ethyl adjacent to an activating group) is 1. The van der Waals surface area contributed by atoms with Crippen molar-refractivity contribution in [1.82, 2.24) is 4.90 Å². The molecule has 0 aliphatic rings. The molecule has 2 aromatic carbocycles. The number of nitrogens with zero attached hydrogens (tertiary/aromatic N) is 1. The highest BCUT2D eigenvalue weighted by Crippen LogP contribution is 2.19. The Hall–Kier alpha value is -2.73. The number of ether oxygens (including phenoxy) is 2. The van der Waals surface area contributed by atoms with Crippen LogP contribution in [0.2, 0.25) is 0 Å². The van der Waals surface area contributed by atoms with E-state index >= 15 is 0 Å². The Morgan fingerprint density at radius 3 is 2.48 bits per heavy atom. The number of para-hydroxylation sites is 1. The zero-order valence-corrected chi connectivity index (χ0v) is 16.5. The Labute approximate surface area is 164 Å². The van der Waals surface area contributed by atoms with Gasteiger partial charge in [-0.25, -0.2) is 4.79 Å². The SMILES string of the molecule is COc1ccccc1CN(C)C(=O)COC(=O)/C=C/c1ccc(SC)cc1. The fourth-order valence-electron chi connectivity index (χ4n) is 2.35. The first-order valence-corrected chi connectivity index (χ1v) is 9.60. The molecule has 27 heavy (non-hydrogen) atoms. The molecule has 6 heteroatoms. The average Bonchev–Trinajstić information content (AvgIpc) is 2.71. The van der Waals surface area contributed by atoms with Crippen LogP contribution in [0.5, 0.6) is 5.75 Å². The normalized spacial score (nSPS) is 10.6. The Morgan fingerprint density at radius 1 is 1.11 bits per heavy atom. The van der Waals surface area contributed by atoms with E-state index < -0.39 is 5.97 Å². The van der Waals surface area contributed by atoms with Crippen LogP contribution in [0.15, 0.2) is 59.5 Å². The number of hydrogen-bond acceptors (Lipinski definition) is 5. The van der Waals surface area contributed by atoms with Crippen molar-refractivity contribution in [3.05, 3.63) is 65.7 Å². The number of benzene rings is 2. The zero-order valence-electron chi connectivity index (χ0n) is 15.7. The fraction of sp³-hybridized carbons (Fsp3) is 0.238. The summed E-state index contributed by atoms with van der Waals surface area (Å²) in [5, 5.41) is 0. The second-order valence-corrected chi connectivity index (χ2v) is 6.66. The van der Waals surface area contributed by atoms with Gasteiger partial charge in [0.1, 0.15) is 5.75 Å². The third-order valence-electron chi connectivity index (χ3n) is 3.89. The number of thioether (sulfide) groups is 1. The third-order valence-corrected chi connectivity index (χ3v) is 4.63. The maximum Gasteiger partial charge on any atom is 0.331 e. The molecule has 0 saturated heterocycles. The van der Waals surface area contributed by atoms with E-state index in [1.165, 1.54) is 11.0 Å². The molecule has 2 rings (SSSR count). The molecule has 0 saturated carbocycles. The quantitative estimate of drug-likeness (QED) is 0.395. The number of carbonyl (C=O) groups excluding carboxylic acids is 2. The largest absolute Gasteiger partial charge is 0.496 e. The van der Waals surface area contributed by atoms with Gasteiger partial charge in [-0.05, 0) is 36.1 Å². The Kier molecular flexibility index (Phi) is 7.95. The minimum absolute atomic E-state index is 0.285. The topological polar surface area (TPSA) is 55.8 Å². The first-order valence-electron chi connectivity index (χ1n) is 8.38. The first kappa shape index (κ1) is 20.6. The Balaban J connectivity index is 1.82. The maximum absolute atomic E-state index is 12.2. The van der Waals surface area contributed by atoms with Crippen LogP contribution in [0.3, 0.4) is 0 Å². The van der Waals surface area contributed by atoms with Crippen molar-refractivity contribution in [3.8, 4) is 5.75 Å². The summed E-state index contributed by atoms with van der Waals surface area (Å²) < 4.78 is 10.3. The summed E-state index contributed by atoms with van der Waals surface area (Å²) in [6, 6.07) is 15.3. The molecule has 142 valence electrons. The van der Waals surface area contributed by atoms with E-state index in [0.717, 1.165) is 16.0 Å². The van der Waals surface area contributed by atoms with Crippen LogP contribution in [0.25, 0.3) is 6.08 Å². The van der Waals surface area contributed by atoms with Gasteiger partial charge in [0.15, 0.2) is 6.61 Å². The van der Waals surface area contributed by atoms with Crippen molar-refractivity contribution in [2.45, 2.75) is 11.4 Å². The monoisotopic (exact) mass is 385 g/mol. The highest BCUT2D eigenvalue weighted by molar-refractivity contribution is 7.98. The third kappa shape index (κ3) is 6.49. The van der Waals surface area contributed by atoms with Crippen LogP contribution >= 0.6 is 11.8 Å². The summed E-state index contributed by atoms with van der Waals surface area (Å²) in [4.78, 5) is 26.6. The fourth-order valence-corrected chi connectivity index (χ4v) is 2.76. The van der Waals surface area contributed by atoms with Crippen LogP contribution in [-0.2, 0) is 20.9 Å². The van der Waals surface area contributed by atoms with Gasteiger partial charge in [-0.2, -0.15) is 0 Å². The van der Waals surface area contributed by atoms with Crippen LogP contribution in [-0.4, -0.2) is 43.8 Å². The molecule has 0 aromatic heterocycles. The van der Waals surface area contributed by atoms with Crippen molar-refractivity contribution in [2.24, 2.45) is 0 Å². The van der Waals surface area contributed by atoms with Crippen molar-refractivity contribution >= 4 is 29.7 Å². The van der Waals surface area contributed by atoms with E-state index in [1.54, 1.807) is 32.0 Å². The van der Waals surface area contributed by atoms with Gasteiger partial charge in [0.25, 0.3) is 5.91 Å². The van der Waals surface area contributed by atoms with E-state index in [9.17, 15) is 9.59 Å². The lowest BCUT2D eigenvalue weighted by atomic mass is 10.2. The average molecular weight is 385 g/mol. The molecule has 2 aromatic rings. The number of hydrogen-bond donors (Lipinski definition) is 0. The number of rotatable bonds is 8. The van der Waals surface area contributed by atoms with Gasteiger partial charge in [-0.1, -0.05) is 30.3 Å². The molecule has 0 atom stereocenters. The van der Waals surface area contributed by atoms with Crippen LogP contribution < -0.4 is 4.74 Å². The summed E-state index contributed by atoms with van der Waals surface area (Å²) in [7, 11) is 3.25. The summed E-state index contributed by atoms with van der Waals surface area (Å²) >= 11 is 1.65. The molecule has 0 aliphatic heterocycles. The molecular weight excluding hydrogens is 362 g/mol. The van der Waals surface area contributed by atoms with Gasteiger partial charge >= 0.3 is 5.97 Å². The summed E-state index contributed by atoms with van der Waals surface area (Å²) in [5.41, 5.74) is 1.78. The van der Waals surface area contributed by atoms with E-state index in [4.69, 9.17) is 9.47 Å². The van der Waals surface area contributed by atoms with Crippen molar-refractivity contribution < 1.29 is 19.1 Å². The van der Waals surface area contributed by atoms with Crippen LogP contribution in [0.1, 0.15) is 11.1 Å². The van der Waals surface area contributed by atoms with Crippen LogP contribution in [0, 0.1) is 0 Å². The molecule has 0 radical (unpaired) electrons. The van der Waals surface area contributed by atoms with E-state index in [-0.39, 0.29) is 12.5 Å². The van der Waals surface area contributed by atoms with Gasteiger partial charge in [-0.3, -0.25) is 4.79 Å². The van der Waals surface area contributed by atoms with E-state index in [2.05, 4.69) is 0 Å². The zero-order chi connectivity index (χ0) is 19.6.